The predicted octanol–water partition coefficient (Wildman–Crippen LogP) is 2.84. The number of likely N-dealkylation sites (N-methyl/N-ethyl adjacent to an activating group) is 1. The molecule has 0 aliphatic rings. The van der Waals surface area contributed by atoms with Gasteiger partial charge in [-0.15, -0.1) is 0 Å². The van der Waals surface area contributed by atoms with E-state index in [1.54, 1.807) is 12.1 Å². The predicted molar refractivity (Wildman–Crippen MR) is 132 cm³/mol. The van der Waals surface area contributed by atoms with Crippen LogP contribution in [-0.4, -0.2) is 63.1 Å². The van der Waals surface area contributed by atoms with Crippen LogP contribution in [0.1, 0.15) is 12.5 Å². The molecule has 0 spiro atoms. The van der Waals surface area contributed by atoms with E-state index in [2.05, 4.69) is 5.32 Å². The molecular formula is C21H24Cl2N4O7S. The van der Waals surface area contributed by atoms with Gasteiger partial charge in [0, 0.05) is 35.8 Å². The summed E-state index contributed by atoms with van der Waals surface area (Å²) in [5, 5.41) is 14.3. The van der Waals surface area contributed by atoms with Gasteiger partial charge in [-0.3, -0.25) is 24.0 Å². The van der Waals surface area contributed by atoms with Crippen molar-refractivity contribution in [3.8, 4) is 5.75 Å². The number of non-ortho nitro benzene ring substituents is 1. The molecule has 0 saturated heterocycles. The molecule has 35 heavy (non-hydrogen) atoms. The molecule has 14 heteroatoms. The summed E-state index contributed by atoms with van der Waals surface area (Å²) >= 11 is 12.2. The first-order valence-corrected chi connectivity index (χ1v) is 12.7. The fourth-order valence-electron chi connectivity index (χ4n) is 3.21. The molecule has 0 unspecified atom stereocenters. The number of carbonyl (C=O) groups excluding carboxylic acids is 2. The number of ether oxygens (including phenoxy) is 1. The molecule has 2 rings (SSSR count). The average molecular weight is 547 g/mol. The Morgan fingerprint density at radius 1 is 1.20 bits per heavy atom. The van der Waals surface area contributed by atoms with E-state index in [4.69, 9.17) is 27.9 Å². The van der Waals surface area contributed by atoms with Crippen LogP contribution in [0.25, 0.3) is 0 Å². The van der Waals surface area contributed by atoms with Gasteiger partial charge in [0.2, 0.25) is 21.8 Å². The van der Waals surface area contributed by atoms with Crippen LogP contribution in [0.3, 0.4) is 0 Å². The van der Waals surface area contributed by atoms with Crippen LogP contribution in [0.15, 0.2) is 36.4 Å². The van der Waals surface area contributed by atoms with Gasteiger partial charge in [0.05, 0.1) is 18.3 Å². The van der Waals surface area contributed by atoms with Gasteiger partial charge in [-0.1, -0.05) is 29.3 Å². The highest BCUT2D eigenvalue weighted by Gasteiger charge is 2.32. The topological polar surface area (TPSA) is 139 Å². The standard InChI is InChI=1S/C21H24Cl2N4O7S/c1-13(21(29)24-2)25(11-14-5-6-15(22)9-17(14)23)20(28)12-26(35(4,32)33)18-10-16(27(30)31)7-8-19(18)34-3/h5-10,13H,11-12H2,1-4H3,(H,24,29)/t13-/m1/s1. The van der Waals surface area contributed by atoms with Gasteiger partial charge in [0.25, 0.3) is 5.69 Å². The van der Waals surface area contributed by atoms with Crippen molar-refractivity contribution in [2.24, 2.45) is 0 Å². The number of nitrogens with one attached hydrogen (secondary N) is 1. The molecule has 1 atom stereocenters. The lowest BCUT2D eigenvalue weighted by atomic mass is 10.1. The Bertz CT molecular complexity index is 1240. The highest BCUT2D eigenvalue weighted by atomic mass is 35.5. The maximum Gasteiger partial charge on any atom is 0.271 e. The highest BCUT2D eigenvalue weighted by Crippen LogP contribution is 2.34. The van der Waals surface area contributed by atoms with Gasteiger partial charge in [0.15, 0.2) is 0 Å². The number of rotatable bonds is 10. The number of hydrogen-bond acceptors (Lipinski definition) is 7. The van der Waals surface area contributed by atoms with Crippen LogP contribution in [0.4, 0.5) is 11.4 Å². The van der Waals surface area contributed by atoms with E-state index in [0.717, 1.165) is 23.3 Å². The van der Waals surface area contributed by atoms with Gasteiger partial charge in [-0.05, 0) is 30.7 Å². The second-order valence-corrected chi connectivity index (χ2v) is 10.2. The number of amides is 2. The number of nitrogens with zero attached hydrogens (tertiary/aromatic N) is 3. The number of carbonyl (C=O) groups is 2. The Kier molecular flexibility index (Phi) is 9.30. The molecule has 2 aromatic carbocycles. The van der Waals surface area contributed by atoms with Crippen molar-refractivity contribution in [1.82, 2.24) is 10.2 Å². The van der Waals surface area contributed by atoms with Gasteiger partial charge in [0.1, 0.15) is 24.0 Å². The molecule has 0 saturated carbocycles. The van der Waals surface area contributed by atoms with Crippen molar-refractivity contribution in [3.63, 3.8) is 0 Å². The Balaban J connectivity index is 2.54. The summed E-state index contributed by atoms with van der Waals surface area (Å²) in [7, 11) is -1.46. The van der Waals surface area contributed by atoms with E-state index in [1.165, 1.54) is 33.2 Å². The summed E-state index contributed by atoms with van der Waals surface area (Å²) in [6.45, 7) is 0.579. The number of hydrogen-bond donors (Lipinski definition) is 1. The Hall–Kier alpha value is -3.09. The highest BCUT2D eigenvalue weighted by molar-refractivity contribution is 7.92. The Morgan fingerprint density at radius 3 is 2.37 bits per heavy atom. The maximum absolute atomic E-state index is 13.4. The number of halogens is 2. The van der Waals surface area contributed by atoms with E-state index in [1.807, 2.05) is 0 Å². The van der Waals surface area contributed by atoms with E-state index in [-0.39, 0.29) is 23.0 Å². The number of nitro benzene ring substituents is 1. The number of benzene rings is 2. The van der Waals surface area contributed by atoms with Crippen molar-refractivity contribution in [3.05, 3.63) is 62.1 Å². The molecule has 0 fully saturated rings. The summed E-state index contributed by atoms with van der Waals surface area (Å²) in [6.07, 6.45) is 0.848. The quantitative estimate of drug-likeness (QED) is 0.357. The number of sulfonamides is 1. The largest absolute Gasteiger partial charge is 0.495 e. The number of nitro groups is 1. The van der Waals surface area contributed by atoms with Crippen LogP contribution < -0.4 is 14.4 Å². The normalized spacial score (nSPS) is 11.9. The molecular weight excluding hydrogens is 523 g/mol. The molecule has 1 N–H and O–H groups in total. The molecule has 0 aromatic heterocycles. The summed E-state index contributed by atoms with van der Waals surface area (Å²) in [6, 6.07) is 6.99. The van der Waals surface area contributed by atoms with E-state index < -0.39 is 45.0 Å². The fraction of sp³-hybridized carbons (Fsp3) is 0.333. The SMILES string of the molecule is CNC(=O)[C@@H](C)N(Cc1ccc(Cl)cc1Cl)C(=O)CN(c1cc([N+](=O)[O-])ccc1OC)S(C)(=O)=O. The third kappa shape index (κ3) is 6.96. The first-order valence-electron chi connectivity index (χ1n) is 10.0. The minimum atomic E-state index is -4.12. The average Bonchev–Trinajstić information content (AvgIpc) is 2.79. The second-order valence-electron chi connectivity index (χ2n) is 7.43. The van der Waals surface area contributed by atoms with Gasteiger partial charge in [-0.2, -0.15) is 0 Å². The lowest BCUT2D eigenvalue weighted by molar-refractivity contribution is -0.384. The van der Waals surface area contributed by atoms with Crippen molar-refractivity contribution in [2.45, 2.75) is 19.5 Å². The molecule has 190 valence electrons. The Labute approximate surface area is 212 Å². The van der Waals surface area contributed by atoms with Gasteiger partial charge < -0.3 is 15.0 Å². The first kappa shape index (κ1) is 28.1. The smallest absolute Gasteiger partial charge is 0.271 e. The molecule has 0 aliphatic heterocycles. The lowest BCUT2D eigenvalue weighted by Gasteiger charge is -2.31. The fourth-order valence-corrected chi connectivity index (χ4v) is 4.52. The van der Waals surface area contributed by atoms with Gasteiger partial charge >= 0.3 is 0 Å². The molecule has 2 amide bonds. The Morgan fingerprint density at radius 2 is 1.86 bits per heavy atom. The maximum atomic E-state index is 13.4. The van der Waals surface area contributed by atoms with Crippen LogP contribution >= 0.6 is 23.2 Å². The molecule has 0 radical (unpaired) electrons. The minimum absolute atomic E-state index is 0.000436. The number of anilines is 1. The van der Waals surface area contributed by atoms with Crippen molar-refractivity contribution in [1.29, 1.82) is 0 Å². The van der Waals surface area contributed by atoms with E-state index in [9.17, 15) is 28.1 Å². The van der Waals surface area contributed by atoms with Crippen LogP contribution in [0, 0.1) is 10.1 Å². The van der Waals surface area contributed by atoms with Crippen LogP contribution in [0.2, 0.25) is 10.0 Å². The monoisotopic (exact) mass is 546 g/mol. The zero-order valence-corrected chi connectivity index (χ0v) is 21.6. The van der Waals surface area contributed by atoms with Gasteiger partial charge in [-0.25, -0.2) is 8.42 Å². The zero-order valence-electron chi connectivity index (χ0n) is 19.3. The van der Waals surface area contributed by atoms with Crippen molar-refractivity contribution in [2.75, 3.05) is 31.3 Å². The van der Waals surface area contributed by atoms with Crippen LogP contribution in [-0.2, 0) is 26.2 Å². The third-order valence-electron chi connectivity index (χ3n) is 5.09. The summed E-state index contributed by atoms with van der Waals surface area (Å²) < 4.78 is 31.2. The first-order chi connectivity index (χ1) is 16.3. The third-order valence-corrected chi connectivity index (χ3v) is 6.80. The van der Waals surface area contributed by atoms with Crippen molar-refractivity contribution >= 4 is 56.4 Å². The zero-order chi connectivity index (χ0) is 26.5. The second kappa shape index (κ2) is 11.6. The molecule has 11 nitrogen and oxygen atoms in total. The summed E-state index contributed by atoms with van der Waals surface area (Å²) in [5.74, 6) is -1.26. The molecule has 0 bridgehead atoms. The summed E-state index contributed by atoms with van der Waals surface area (Å²) in [4.78, 5) is 37.5. The molecule has 2 aromatic rings. The number of methoxy groups -OCH3 is 1. The van der Waals surface area contributed by atoms with E-state index >= 15 is 0 Å². The molecule has 0 heterocycles. The summed E-state index contributed by atoms with van der Waals surface area (Å²) in [5.41, 5.74) is -0.126. The van der Waals surface area contributed by atoms with Crippen molar-refractivity contribution < 1.29 is 27.7 Å². The minimum Gasteiger partial charge on any atom is -0.495 e. The molecule has 0 aliphatic carbocycles. The lowest BCUT2D eigenvalue weighted by Crippen LogP contribution is -2.50. The van der Waals surface area contributed by atoms with Crippen LogP contribution in [0.5, 0.6) is 5.75 Å². The van der Waals surface area contributed by atoms with E-state index in [0.29, 0.717) is 14.9 Å².